The fourth-order valence-electron chi connectivity index (χ4n) is 2.96. The molecule has 2 aromatic rings. The van der Waals surface area contributed by atoms with Crippen LogP contribution in [-0.2, 0) is 19.1 Å². The highest BCUT2D eigenvalue weighted by atomic mass is 16.5. The molecule has 2 heterocycles. The first-order valence-electron chi connectivity index (χ1n) is 7.62. The molecular weight excluding hydrogens is 324 g/mol. The summed E-state index contributed by atoms with van der Waals surface area (Å²) in [6, 6.07) is 8.64. The summed E-state index contributed by atoms with van der Waals surface area (Å²) in [7, 11) is 4.17. The molecule has 25 heavy (non-hydrogen) atoms. The Morgan fingerprint density at radius 2 is 1.72 bits per heavy atom. The van der Waals surface area contributed by atoms with Gasteiger partial charge in [0.25, 0.3) is 0 Å². The number of esters is 2. The molecule has 0 saturated heterocycles. The minimum atomic E-state index is -0.643. The number of carbonyl (C=O) groups excluding carboxylic acids is 2. The standard InChI is InChI=1S/C17H18N4O4/c1-10-18-17-20(2)14(16(23)25-4)12(15(22)24-3)13(21(17)19-10)11-8-6-5-7-9-11/h5-9,13H,1-4H3. The van der Waals surface area contributed by atoms with Gasteiger partial charge in [-0.1, -0.05) is 30.3 Å². The smallest absolute Gasteiger partial charge is 0.355 e. The van der Waals surface area contributed by atoms with Crippen molar-refractivity contribution in [3.05, 3.63) is 53.0 Å². The van der Waals surface area contributed by atoms with Crippen molar-refractivity contribution in [2.75, 3.05) is 26.2 Å². The molecule has 3 rings (SSSR count). The van der Waals surface area contributed by atoms with Crippen molar-refractivity contribution >= 4 is 17.9 Å². The molecule has 0 amide bonds. The molecular formula is C17H18N4O4. The second-order valence-corrected chi connectivity index (χ2v) is 5.52. The molecule has 1 aromatic heterocycles. The summed E-state index contributed by atoms with van der Waals surface area (Å²) in [6.07, 6.45) is 0. The van der Waals surface area contributed by atoms with Crippen LogP contribution in [0.4, 0.5) is 5.95 Å². The van der Waals surface area contributed by atoms with E-state index < -0.39 is 18.0 Å². The lowest BCUT2D eigenvalue weighted by Gasteiger charge is -2.32. The maximum Gasteiger partial charge on any atom is 0.355 e. The van der Waals surface area contributed by atoms with Crippen molar-refractivity contribution in [3.8, 4) is 0 Å². The van der Waals surface area contributed by atoms with E-state index in [9.17, 15) is 9.59 Å². The molecule has 1 atom stereocenters. The highest BCUT2D eigenvalue weighted by molar-refractivity contribution is 6.04. The van der Waals surface area contributed by atoms with Crippen molar-refractivity contribution < 1.29 is 19.1 Å². The lowest BCUT2D eigenvalue weighted by Crippen LogP contribution is -2.38. The third kappa shape index (κ3) is 2.65. The topological polar surface area (TPSA) is 86.6 Å². The number of methoxy groups -OCH3 is 2. The Morgan fingerprint density at radius 1 is 1.08 bits per heavy atom. The van der Waals surface area contributed by atoms with E-state index in [1.54, 1.807) is 18.7 Å². The summed E-state index contributed by atoms with van der Waals surface area (Å²) in [5, 5.41) is 4.42. The number of hydrogen-bond donors (Lipinski definition) is 0. The Hall–Kier alpha value is -3.16. The van der Waals surface area contributed by atoms with E-state index in [1.165, 1.54) is 19.1 Å². The van der Waals surface area contributed by atoms with Crippen LogP contribution in [0.15, 0.2) is 41.6 Å². The van der Waals surface area contributed by atoms with Crippen molar-refractivity contribution in [1.29, 1.82) is 0 Å². The van der Waals surface area contributed by atoms with Gasteiger partial charge in [0.1, 0.15) is 17.6 Å². The van der Waals surface area contributed by atoms with Gasteiger partial charge in [0.2, 0.25) is 5.95 Å². The third-order valence-corrected chi connectivity index (χ3v) is 4.03. The summed E-state index contributed by atoms with van der Waals surface area (Å²) in [4.78, 5) is 30.9. The first-order valence-corrected chi connectivity index (χ1v) is 7.62. The summed E-state index contributed by atoms with van der Waals surface area (Å²) < 4.78 is 11.4. The molecule has 0 fully saturated rings. The van der Waals surface area contributed by atoms with Crippen LogP contribution in [0.5, 0.6) is 0 Å². The van der Waals surface area contributed by atoms with Crippen LogP contribution in [-0.4, -0.2) is 48.0 Å². The number of nitrogens with zero attached hydrogens (tertiary/aromatic N) is 4. The van der Waals surface area contributed by atoms with E-state index in [2.05, 4.69) is 10.1 Å². The molecule has 0 saturated carbocycles. The zero-order valence-electron chi connectivity index (χ0n) is 14.4. The second-order valence-electron chi connectivity index (χ2n) is 5.52. The van der Waals surface area contributed by atoms with Crippen molar-refractivity contribution in [2.45, 2.75) is 13.0 Å². The first kappa shape index (κ1) is 16.7. The Bertz CT molecular complexity index is 857. The lowest BCUT2D eigenvalue weighted by molar-refractivity contribution is -0.139. The molecule has 0 bridgehead atoms. The van der Waals surface area contributed by atoms with E-state index in [1.807, 2.05) is 30.3 Å². The van der Waals surface area contributed by atoms with Gasteiger partial charge >= 0.3 is 11.9 Å². The van der Waals surface area contributed by atoms with Crippen molar-refractivity contribution in [2.24, 2.45) is 0 Å². The fraction of sp³-hybridized carbons (Fsp3) is 0.294. The predicted molar refractivity (Wildman–Crippen MR) is 88.8 cm³/mol. The molecule has 8 heteroatoms. The summed E-state index contributed by atoms with van der Waals surface area (Å²) in [5.74, 6) is -0.298. The second kappa shape index (κ2) is 6.39. The highest BCUT2D eigenvalue weighted by Gasteiger charge is 2.41. The molecule has 8 nitrogen and oxygen atoms in total. The summed E-state index contributed by atoms with van der Waals surface area (Å²) >= 11 is 0. The van der Waals surface area contributed by atoms with Crippen LogP contribution in [0.2, 0.25) is 0 Å². The van der Waals surface area contributed by atoms with Crippen LogP contribution < -0.4 is 4.90 Å². The van der Waals surface area contributed by atoms with Crippen LogP contribution in [0, 0.1) is 6.92 Å². The van der Waals surface area contributed by atoms with Gasteiger partial charge in [-0.25, -0.2) is 14.3 Å². The summed E-state index contributed by atoms with van der Waals surface area (Å²) in [6.45, 7) is 1.75. The molecule has 0 radical (unpaired) electrons. The Kier molecular flexibility index (Phi) is 4.26. The zero-order chi connectivity index (χ0) is 18.1. The number of anilines is 1. The summed E-state index contributed by atoms with van der Waals surface area (Å²) in [5.41, 5.74) is 1.02. The number of aryl methyl sites for hydroxylation is 1. The Morgan fingerprint density at radius 3 is 2.32 bits per heavy atom. The predicted octanol–water partition coefficient (Wildman–Crippen LogP) is 1.23. The molecule has 1 aromatic carbocycles. The van der Waals surface area contributed by atoms with Crippen LogP contribution in [0.25, 0.3) is 0 Å². The maximum atomic E-state index is 12.6. The molecule has 1 unspecified atom stereocenters. The van der Waals surface area contributed by atoms with Gasteiger partial charge in [-0.15, -0.1) is 0 Å². The van der Waals surface area contributed by atoms with E-state index in [4.69, 9.17) is 9.47 Å². The number of likely N-dealkylation sites (N-methyl/N-ethyl adjacent to an activating group) is 1. The minimum absolute atomic E-state index is 0.0862. The van der Waals surface area contributed by atoms with Crippen LogP contribution >= 0.6 is 0 Å². The Labute approximate surface area is 144 Å². The van der Waals surface area contributed by atoms with Crippen molar-refractivity contribution in [3.63, 3.8) is 0 Å². The minimum Gasteiger partial charge on any atom is -0.466 e. The SMILES string of the molecule is COC(=O)C1=C(C(=O)OC)N(C)c2nc(C)nn2C1c1ccccc1. The number of aromatic nitrogens is 3. The van der Waals surface area contributed by atoms with Crippen molar-refractivity contribution in [1.82, 2.24) is 14.8 Å². The maximum absolute atomic E-state index is 12.6. The number of carbonyl (C=O) groups is 2. The average Bonchev–Trinajstić information content (AvgIpc) is 3.02. The first-order chi connectivity index (χ1) is 12.0. The van der Waals surface area contributed by atoms with E-state index >= 15 is 0 Å². The lowest BCUT2D eigenvalue weighted by atomic mass is 9.95. The van der Waals surface area contributed by atoms with E-state index in [0.717, 1.165) is 5.56 Å². The molecule has 0 aliphatic carbocycles. The molecule has 1 aliphatic rings. The molecule has 1 aliphatic heterocycles. The fourth-order valence-corrected chi connectivity index (χ4v) is 2.96. The van der Waals surface area contributed by atoms with Gasteiger partial charge < -0.3 is 14.4 Å². The normalized spacial score (nSPS) is 16.5. The molecule has 0 spiro atoms. The van der Waals surface area contributed by atoms with E-state index in [-0.39, 0.29) is 11.3 Å². The van der Waals surface area contributed by atoms with Crippen LogP contribution in [0.1, 0.15) is 17.4 Å². The number of fused-ring (bicyclic) bond motifs is 1. The number of rotatable bonds is 3. The average molecular weight is 342 g/mol. The van der Waals surface area contributed by atoms with E-state index in [0.29, 0.717) is 11.8 Å². The van der Waals surface area contributed by atoms with Gasteiger partial charge in [0.05, 0.1) is 19.8 Å². The highest BCUT2D eigenvalue weighted by Crippen LogP contribution is 2.38. The monoisotopic (exact) mass is 342 g/mol. The number of ether oxygens (including phenoxy) is 2. The van der Waals surface area contributed by atoms with Gasteiger partial charge in [-0.3, -0.25) is 0 Å². The molecule has 130 valence electrons. The van der Waals surface area contributed by atoms with Gasteiger partial charge in [-0.2, -0.15) is 10.1 Å². The third-order valence-electron chi connectivity index (χ3n) is 4.03. The van der Waals surface area contributed by atoms with Gasteiger partial charge in [0.15, 0.2) is 0 Å². The number of benzene rings is 1. The Balaban J connectivity index is 2.34. The zero-order valence-corrected chi connectivity index (χ0v) is 14.4. The molecule has 0 N–H and O–H groups in total. The van der Waals surface area contributed by atoms with Gasteiger partial charge in [-0.05, 0) is 12.5 Å². The van der Waals surface area contributed by atoms with Crippen LogP contribution in [0.3, 0.4) is 0 Å². The largest absolute Gasteiger partial charge is 0.466 e. The quantitative estimate of drug-likeness (QED) is 0.775. The van der Waals surface area contributed by atoms with Gasteiger partial charge in [0, 0.05) is 7.05 Å². The number of hydrogen-bond acceptors (Lipinski definition) is 7.